The highest BCUT2D eigenvalue weighted by Gasteiger charge is 1.79. The fourth-order valence-corrected chi connectivity index (χ4v) is 0.513. The topological polar surface area (TPSA) is 23.8 Å². The zero-order valence-electron chi connectivity index (χ0n) is 5.49. The van der Waals surface area contributed by atoms with Crippen molar-refractivity contribution in [1.29, 1.82) is 5.26 Å². The van der Waals surface area contributed by atoms with Crippen LogP contribution in [0.4, 0.5) is 0 Å². The van der Waals surface area contributed by atoms with E-state index in [1.54, 1.807) is 12.1 Å². The molecule has 1 aromatic carbocycles. The maximum atomic E-state index is 8.29. The first-order valence-corrected chi connectivity index (χ1v) is 2.72. The second-order valence-electron chi connectivity index (χ2n) is 1.48. The second-order valence-corrected chi connectivity index (χ2v) is 1.48. The van der Waals surface area contributed by atoms with Crippen molar-refractivity contribution >= 4 is 0 Å². The van der Waals surface area contributed by atoms with Crippen LogP contribution >= 0.6 is 0 Å². The Kier molecular flexibility index (Phi) is 4.47. The van der Waals surface area contributed by atoms with Gasteiger partial charge >= 0.3 is 0 Å². The lowest BCUT2D eigenvalue weighted by atomic mass is 10.2. The van der Waals surface area contributed by atoms with Crippen molar-refractivity contribution in [2.75, 3.05) is 0 Å². The van der Waals surface area contributed by atoms with E-state index in [2.05, 4.69) is 12.8 Å². The highest BCUT2D eigenvalue weighted by atomic mass is 14.2. The molecular formula is C9H7N. The highest BCUT2D eigenvalue weighted by molar-refractivity contribution is 5.27. The van der Waals surface area contributed by atoms with Crippen LogP contribution in [0.5, 0.6) is 0 Å². The lowest BCUT2D eigenvalue weighted by Crippen LogP contribution is -1.66. The van der Waals surface area contributed by atoms with Crippen LogP contribution in [0.1, 0.15) is 5.56 Å². The minimum atomic E-state index is 0.715. The molecule has 1 rings (SSSR count). The summed E-state index contributed by atoms with van der Waals surface area (Å²) in [4.78, 5) is 0. The van der Waals surface area contributed by atoms with Gasteiger partial charge < -0.3 is 0 Å². The molecule has 10 heavy (non-hydrogen) atoms. The summed E-state index contributed by atoms with van der Waals surface area (Å²) in [7, 11) is 0. The molecule has 0 unspecified atom stereocenters. The number of rotatable bonds is 0. The monoisotopic (exact) mass is 129 g/mol. The van der Waals surface area contributed by atoms with Gasteiger partial charge in [0.1, 0.15) is 0 Å². The van der Waals surface area contributed by atoms with E-state index < -0.39 is 0 Å². The third-order valence-electron chi connectivity index (χ3n) is 0.903. The smallest absolute Gasteiger partial charge is 0.0991 e. The van der Waals surface area contributed by atoms with Crippen LogP contribution in [0.15, 0.2) is 30.3 Å². The molecule has 0 aliphatic heterocycles. The minimum absolute atomic E-state index is 0.715. The largest absolute Gasteiger partial charge is 0.192 e. The predicted octanol–water partition coefficient (Wildman–Crippen LogP) is 1.81. The standard InChI is InChI=1S/C7H5N.C2H2/c8-6-7-4-2-1-3-5-7;1-2/h1-5H;1-2H. The first-order chi connectivity index (χ1) is 4.93. The zero-order valence-corrected chi connectivity index (χ0v) is 5.49. The van der Waals surface area contributed by atoms with E-state index in [0.717, 1.165) is 0 Å². The van der Waals surface area contributed by atoms with Gasteiger partial charge in [0.05, 0.1) is 11.6 Å². The molecule has 1 heteroatoms. The van der Waals surface area contributed by atoms with Crippen molar-refractivity contribution in [2.24, 2.45) is 0 Å². The zero-order chi connectivity index (χ0) is 7.82. The Hall–Kier alpha value is -1.73. The average molecular weight is 129 g/mol. The Bertz CT molecular complexity index is 228. The Morgan fingerprint density at radius 1 is 1.10 bits per heavy atom. The van der Waals surface area contributed by atoms with Crippen LogP contribution in [-0.4, -0.2) is 0 Å². The molecule has 0 spiro atoms. The first kappa shape index (κ1) is 8.27. The van der Waals surface area contributed by atoms with Crippen LogP contribution in [0.3, 0.4) is 0 Å². The predicted molar refractivity (Wildman–Crippen MR) is 41.0 cm³/mol. The van der Waals surface area contributed by atoms with E-state index in [-0.39, 0.29) is 0 Å². The van der Waals surface area contributed by atoms with Crippen molar-refractivity contribution in [1.82, 2.24) is 0 Å². The van der Waals surface area contributed by atoms with E-state index >= 15 is 0 Å². The Balaban J connectivity index is 0.000000371. The van der Waals surface area contributed by atoms with E-state index in [1.165, 1.54) is 0 Å². The molecule has 0 saturated carbocycles. The number of terminal acetylenes is 1. The van der Waals surface area contributed by atoms with Crippen molar-refractivity contribution < 1.29 is 0 Å². The van der Waals surface area contributed by atoms with Crippen LogP contribution in [-0.2, 0) is 0 Å². The van der Waals surface area contributed by atoms with Gasteiger partial charge in [0.25, 0.3) is 0 Å². The van der Waals surface area contributed by atoms with Gasteiger partial charge in [0, 0.05) is 0 Å². The second kappa shape index (κ2) is 5.41. The van der Waals surface area contributed by atoms with E-state index in [0.29, 0.717) is 5.56 Å². The summed E-state index contributed by atoms with van der Waals surface area (Å²) in [5, 5.41) is 8.29. The van der Waals surface area contributed by atoms with Crippen LogP contribution < -0.4 is 0 Å². The summed E-state index contributed by atoms with van der Waals surface area (Å²) < 4.78 is 0. The van der Waals surface area contributed by atoms with Gasteiger partial charge in [-0.25, -0.2) is 0 Å². The molecule has 0 amide bonds. The molecule has 0 bridgehead atoms. The number of nitrogens with zero attached hydrogens (tertiary/aromatic N) is 1. The third kappa shape index (κ3) is 2.55. The lowest BCUT2D eigenvalue weighted by Gasteiger charge is -1.80. The molecule has 0 radical (unpaired) electrons. The summed E-state index contributed by atoms with van der Waals surface area (Å²) >= 11 is 0. The maximum Gasteiger partial charge on any atom is 0.0991 e. The average Bonchev–Trinajstić information content (AvgIpc) is 2.10. The molecular weight excluding hydrogens is 122 g/mol. The Morgan fingerprint density at radius 2 is 1.60 bits per heavy atom. The molecule has 0 heterocycles. The first-order valence-electron chi connectivity index (χ1n) is 2.72. The summed E-state index contributed by atoms with van der Waals surface area (Å²) in [5.74, 6) is 0. The van der Waals surface area contributed by atoms with Crippen molar-refractivity contribution in [3.05, 3.63) is 35.9 Å². The van der Waals surface area contributed by atoms with Crippen LogP contribution in [0, 0.1) is 24.2 Å². The molecule has 1 aromatic rings. The van der Waals surface area contributed by atoms with Crippen molar-refractivity contribution in [2.45, 2.75) is 0 Å². The molecule has 0 aromatic heterocycles. The number of hydrogen-bond donors (Lipinski definition) is 0. The fourth-order valence-electron chi connectivity index (χ4n) is 0.513. The van der Waals surface area contributed by atoms with Gasteiger partial charge in [-0.05, 0) is 12.1 Å². The molecule has 0 N–H and O–H groups in total. The van der Waals surface area contributed by atoms with E-state index in [4.69, 9.17) is 5.26 Å². The van der Waals surface area contributed by atoms with Crippen LogP contribution in [0.2, 0.25) is 0 Å². The van der Waals surface area contributed by atoms with Crippen molar-refractivity contribution in [3.8, 4) is 18.9 Å². The Labute approximate surface area is 60.9 Å². The highest BCUT2D eigenvalue weighted by Crippen LogP contribution is 1.92. The number of hydrogen-bond acceptors (Lipinski definition) is 1. The van der Waals surface area contributed by atoms with E-state index in [1.807, 2.05) is 24.3 Å². The summed E-state index contributed by atoms with van der Waals surface area (Å²) in [5.41, 5.74) is 0.715. The number of nitriles is 1. The number of benzene rings is 1. The third-order valence-corrected chi connectivity index (χ3v) is 0.903. The maximum absolute atomic E-state index is 8.29. The molecule has 0 fully saturated rings. The fraction of sp³-hybridized carbons (Fsp3) is 0. The SMILES string of the molecule is C#C.N#Cc1ccccc1. The lowest BCUT2D eigenvalue weighted by molar-refractivity contribution is 1.49. The minimum Gasteiger partial charge on any atom is -0.192 e. The molecule has 0 aliphatic carbocycles. The van der Waals surface area contributed by atoms with Crippen molar-refractivity contribution in [3.63, 3.8) is 0 Å². The Morgan fingerprint density at radius 3 is 1.90 bits per heavy atom. The normalized spacial score (nSPS) is 6.50. The van der Waals surface area contributed by atoms with Gasteiger partial charge in [0.15, 0.2) is 0 Å². The van der Waals surface area contributed by atoms with Gasteiger partial charge in [-0.1, -0.05) is 18.2 Å². The molecule has 0 atom stereocenters. The van der Waals surface area contributed by atoms with Gasteiger partial charge in [0.2, 0.25) is 0 Å². The van der Waals surface area contributed by atoms with E-state index in [9.17, 15) is 0 Å². The van der Waals surface area contributed by atoms with Gasteiger partial charge in [-0.2, -0.15) is 5.26 Å². The summed E-state index contributed by atoms with van der Waals surface area (Å²) in [6, 6.07) is 11.2. The quantitative estimate of drug-likeness (QED) is 0.490. The van der Waals surface area contributed by atoms with Gasteiger partial charge in [-0.3, -0.25) is 0 Å². The molecule has 1 nitrogen and oxygen atoms in total. The molecule has 0 aliphatic rings. The summed E-state index contributed by atoms with van der Waals surface area (Å²) in [6.07, 6.45) is 8.00. The molecule has 0 saturated heterocycles. The van der Waals surface area contributed by atoms with Gasteiger partial charge in [-0.15, -0.1) is 12.8 Å². The summed E-state index contributed by atoms with van der Waals surface area (Å²) in [6.45, 7) is 0. The van der Waals surface area contributed by atoms with Crippen LogP contribution in [0.25, 0.3) is 0 Å². The molecule has 48 valence electrons.